The minimum atomic E-state index is -0.300. The van der Waals surface area contributed by atoms with Crippen LogP contribution in [0, 0.1) is 12.7 Å². The molecule has 2 heterocycles. The normalized spacial score (nSPS) is 14.6. The summed E-state index contributed by atoms with van der Waals surface area (Å²) in [4.78, 5) is 27.9. The van der Waals surface area contributed by atoms with Crippen molar-refractivity contribution in [3.8, 4) is 5.75 Å². The van der Waals surface area contributed by atoms with Crippen LogP contribution in [0.25, 0.3) is 10.1 Å². The van der Waals surface area contributed by atoms with Gasteiger partial charge in [0.05, 0.1) is 11.5 Å². The van der Waals surface area contributed by atoms with E-state index in [4.69, 9.17) is 4.74 Å². The van der Waals surface area contributed by atoms with Crippen molar-refractivity contribution in [2.24, 2.45) is 0 Å². The quantitative estimate of drug-likeness (QED) is 0.621. The van der Waals surface area contributed by atoms with Crippen molar-refractivity contribution in [3.63, 3.8) is 0 Å². The molecule has 2 amide bonds. The first-order valence-electron chi connectivity index (χ1n) is 10.5. The van der Waals surface area contributed by atoms with Crippen LogP contribution in [-0.4, -0.2) is 42.5 Å². The maximum absolute atomic E-state index is 14.1. The lowest BCUT2D eigenvalue weighted by Gasteiger charge is -2.32. The Labute approximate surface area is 184 Å². The Hall–Kier alpha value is -2.93. The lowest BCUT2D eigenvalue weighted by Crippen LogP contribution is -2.46. The number of benzene rings is 2. The third kappa shape index (κ3) is 4.42. The van der Waals surface area contributed by atoms with Crippen LogP contribution < -0.4 is 10.1 Å². The number of nitrogens with zero attached hydrogens (tertiary/aromatic N) is 1. The molecule has 0 bridgehead atoms. The number of piperidine rings is 1. The molecule has 1 saturated heterocycles. The number of halogens is 1. The smallest absolute Gasteiger partial charge is 0.261 e. The second-order valence-corrected chi connectivity index (χ2v) is 8.72. The summed E-state index contributed by atoms with van der Waals surface area (Å²) in [5.74, 6) is 0.265. The summed E-state index contributed by atoms with van der Waals surface area (Å²) >= 11 is 1.32. The van der Waals surface area contributed by atoms with Gasteiger partial charge in [-0.25, -0.2) is 4.39 Å². The number of carbonyl (C=O) groups excluding carboxylic acids is 2. The zero-order valence-electron chi connectivity index (χ0n) is 17.6. The number of aryl methyl sites for hydroxylation is 1. The second kappa shape index (κ2) is 9.06. The van der Waals surface area contributed by atoms with Crippen LogP contribution in [0.5, 0.6) is 5.75 Å². The number of ether oxygens (including phenoxy) is 1. The molecule has 1 aliphatic heterocycles. The molecule has 0 atom stereocenters. The number of fused-ring (bicyclic) bond motifs is 1. The average Bonchev–Trinajstić information content (AvgIpc) is 3.12. The summed E-state index contributed by atoms with van der Waals surface area (Å²) in [6.45, 7) is 5.45. The van der Waals surface area contributed by atoms with E-state index >= 15 is 0 Å². The molecule has 7 heteroatoms. The molecule has 0 saturated carbocycles. The summed E-state index contributed by atoms with van der Waals surface area (Å²) in [6, 6.07) is 12.1. The first-order valence-corrected chi connectivity index (χ1v) is 11.3. The zero-order chi connectivity index (χ0) is 22.0. The molecular formula is C24H25FN2O3S. The minimum Gasteiger partial charge on any atom is -0.494 e. The predicted molar refractivity (Wildman–Crippen MR) is 121 cm³/mol. The van der Waals surface area contributed by atoms with Gasteiger partial charge in [0.2, 0.25) is 0 Å². The Morgan fingerprint density at radius 1 is 1.16 bits per heavy atom. The molecule has 1 fully saturated rings. The van der Waals surface area contributed by atoms with Crippen LogP contribution in [0.15, 0.2) is 42.5 Å². The Morgan fingerprint density at radius 3 is 2.52 bits per heavy atom. The molecule has 162 valence electrons. The van der Waals surface area contributed by atoms with Gasteiger partial charge in [0.25, 0.3) is 11.8 Å². The zero-order valence-corrected chi connectivity index (χ0v) is 18.4. The molecule has 4 rings (SSSR count). The highest BCUT2D eigenvalue weighted by Crippen LogP contribution is 2.32. The van der Waals surface area contributed by atoms with Crippen LogP contribution >= 0.6 is 11.3 Å². The van der Waals surface area contributed by atoms with Crippen LogP contribution in [0.4, 0.5) is 4.39 Å². The molecule has 31 heavy (non-hydrogen) atoms. The van der Waals surface area contributed by atoms with Crippen LogP contribution in [-0.2, 0) is 0 Å². The number of thiophene rings is 1. The fourth-order valence-corrected chi connectivity index (χ4v) is 5.12. The van der Waals surface area contributed by atoms with Crippen molar-refractivity contribution in [3.05, 3.63) is 64.3 Å². The van der Waals surface area contributed by atoms with Crippen molar-refractivity contribution in [1.82, 2.24) is 10.2 Å². The van der Waals surface area contributed by atoms with Crippen molar-refractivity contribution in [2.45, 2.75) is 32.7 Å². The van der Waals surface area contributed by atoms with E-state index in [1.165, 1.54) is 17.4 Å². The second-order valence-electron chi connectivity index (χ2n) is 7.67. The maximum atomic E-state index is 14.1. The molecule has 1 aromatic heterocycles. The van der Waals surface area contributed by atoms with Gasteiger partial charge in [0.15, 0.2) is 0 Å². The van der Waals surface area contributed by atoms with E-state index in [-0.39, 0.29) is 23.7 Å². The Kier molecular flexibility index (Phi) is 6.23. The van der Waals surface area contributed by atoms with Gasteiger partial charge in [0.1, 0.15) is 11.6 Å². The van der Waals surface area contributed by atoms with Crippen LogP contribution in [0.1, 0.15) is 45.4 Å². The molecule has 0 unspecified atom stereocenters. The molecule has 5 nitrogen and oxygen atoms in total. The number of amides is 2. The van der Waals surface area contributed by atoms with E-state index in [9.17, 15) is 14.0 Å². The molecule has 2 aromatic carbocycles. The minimum absolute atomic E-state index is 0.00802. The molecule has 1 N–H and O–H groups in total. The SMILES string of the molecule is CCOc1ccc(C(=O)N2CCC(NC(=O)c3sc4cccc(F)c4c3C)CC2)cc1. The first kappa shape index (κ1) is 21.3. The highest BCUT2D eigenvalue weighted by atomic mass is 32.1. The van der Waals surface area contributed by atoms with Gasteiger partial charge in [-0.3, -0.25) is 9.59 Å². The van der Waals surface area contributed by atoms with E-state index in [0.29, 0.717) is 53.9 Å². The Bertz CT molecular complexity index is 1100. The van der Waals surface area contributed by atoms with E-state index in [0.717, 1.165) is 10.4 Å². The van der Waals surface area contributed by atoms with E-state index in [1.54, 1.807) is 37.3 Å². The monoisotopic (exact) mass is 440 g/mol. The lowest BCUT2D eigenvalue weighted by molar-refractivity contribution is 0.0698. The number of rotatable bonds is 5. The van der Waals surface area contributed by atoms with Gasteiger partial charge in [-0.1, -0.05) is 6.07 Å². The molecule has 0 radical (unpaired) electrons. The van der Waals surface area contributed by atoms with Gasteiger partial charge >= 0.3 is 0 Å². The average molecular weight is 441 g/mol. The van der Waals surface area contributed by atoms with E-state index < -0.39 is 0 Å². The fraction of sp³-hybridized carbons (Fsp3) is 0.333. The summed E-state index contributed by atoms with van der Waals surface area (Å²) < 4.78 is 20.3. The molecule has 1 aliphatic rings. The molecular weight excluding hydrogens is 415 g/mol. The van der Waals surface area contributed by atoms with Gasteiger partial charge in [-0.2, -0.15) is 0 Å². The lowest BCUT2D eigenvalue weighted by atomic mass is 10.0. The number of carbonyl (C=O) groups is 2. The van der Waals surface area contributed by atoms with Crippen molar-refractivity contribution >= 4 is 33.2 Å². The van der Waals surface area contributed by atoms with Crippen molar-refractivity contribution in [2.75, 3.05) is 19.7 Å². The predicted octanol–water partition coefficient (Wildman–Crippen LogP) is 4.78. The molecule has 3 aromatic rings. The van der Waals surface area contributed by atoms with E-state index in [1.807, 2.05) is 17.9 Å². The summed E-state index contributed by atoms with van der Waals surface area (Å²) in [5, 5.41) is 3.59. The van der Waals surface area contributed by atoms with Gasteiger partial charge in [0, 0.05) is 34.8 Å². The topological polar surface area (TPSA) is 58.6 Å². The standard InChI is InChI=1S/C24H25FN2O3S/c1-3-30-18-9-7-16(8-10-18)24(29)27-13-11-17(12-14-27)26-23(28)22-15(2)21-19(25)5-4-6-20(21)31-22/h4-10,17H,3,11-14H2,1-2H3,(H,26,28). The third-order valence-electron chi connectivity index (χ3n) is 5.64. The van der Waals surface area contributed by atoms with Crippen LogP contribution in [0.2, 0.25) is 0 Å². The summed E-state index contributed by atoms with van der Waals surface area (Å²) in [7, 11) is 0. The largest absolute Gasteiger partial charge is 0.494 e. The number of hydrogen-bond donors (Lipinski definition) is 1. The van der Waals surface area contributed by atoms with Crippen molar-refractivity contribution < 1.29 is 18.7 Å². The van der Waals surface area contributed by atoms with Gasteiger partial charge in [-0.15, -0.1) is 11.3 Å². The Morgan fingerprint density at radius 2 is 1.87 bits per heavy atom. The fourth-order valence-electron chi connectivity index (χ4n) is 3.99. The Balaban J connectivity index is 1.36. The van der Waals surface area contributed by atoms with Crippen LogP contribution in [0.3, 0.4) is 0 Å². The van der Waals surface area contributed by atoms with Gasteiger partial charge in [-0.05, 0) is 68.7 Å². The molecule has 0 spiro atoms. The number of nitrogens with one attached hydrogen (secondary N) is 1. The number of likely N-dealkylation sites (tertiary alicyclic amines) is 1. The highest BCUT2D eigenvalue weighted by molar-refractivity contribution is 7.21. The summed E-state index contributed by atoms with van der Waals surface area (Å²) in [6.07, 6.45) is 1.37. The maximum Gasteiger partial charge on any atom is 0.261 e. The van der Waals surface area contributed by atoms with Crippen molar-refractivity contribution in [1.29, 1.82) is 0 Å². The first-order chi connectivity index (χ1) is 15.0. The summed E-state index contributed by atoms with van der Waals surface area (Å²) in [5.41, 5.74) is 1.31. The molecule has 0 aliphatic carbocycles. The van der Waals surface area contributed by atoms with Gasteiger partial charge < -0.3 is 15.0 Å². The highest BCUT2D eigenvalue weighted by Gasteiger charge is 2.26. The van der Waals surface area contributed by atoms with E-state index in [2.05, 4.69) is 5.32 Å². The number of hydrogen-bond acceptors (Lipinski definition) is 4. The third-order valence-corrected chi connectivity index (χ3v) is 6.89.